The molecule has 1 aromatic rings. The van der Waals surface area contributed by atoms with Crippen molar-refractivity contribution in [2.45, 2.75) is 93.0 Å². The van der Waals surface area contributed by atoms with Crippen LogP contribution < -0.4 is 10.1 Å². The average molecular weight is 506 g/mol. The third-order valence-corrected chi connectivity index (χ3v) is 10.3. The normalized spacial score (nSPS) is 34.1. The number of aromatic nitrogens is 1. The van der Waals surface area contributed by atoms with E-state index < -0.39 is 5.54 Å². The van der Waals surface area contributed by atoms with Crippen molar-refractivity contribution < 1.29 is 28.7 Å². The van der Waals surface area contributed by atoms with Gasteiger partial charge in [0.15, 0.2) is 0 Å². The molecule has 2 amide bonds. The number of aliphatic hydroxyl groups excluding tert-OH is 1. The van der Waals surface area contributed by atoms with Gasteiger partial charge in [0.25, 0.3) is 11.8 Å². The maximum atomic E-state index is 13.4. The zero-order valence-corrected chi connectivity index (χ0v) is 21.3. The molecule has 3 unspecified atom stereocenters. The van der Waals surface area contributed by atoms with Gasteiger partial charge in [0.2, 0.25) is 5.76 Å². The summed E-state index contributed by atoms with van der Waals surface area (Å²) in [5.74, 6) is 1.33. The first-order valence-corrected chi connectivity index (χ1v) is 13.9. The molecule has 0 aromatic carbocycles. The largest absolute Gasteiger partial charge is 0.472 e. The molecule has 35 heavy (non-hydrogen) atoms. The monoisotopic (exact) mass is 505 g/mol. The lowest BCUT2D eigenvalue weighted by Crippen LogP contribution is -2.48. The number of fused-ring (bicyclic) bond motifs is 1. The van der Waals surface area contributed by atoms with E-state index in [4.69, 9.17) is 14.0 Å². The van der Waals surface area contributed by atoms with Crippen LogP contribution in [-0.2, 0) is 4.74 Å². The number of carbonyl (C=O) groups excluding carboxylic acids is 2. The molecule has 1 spiro atoms. The Labute approximate surface area is 209 Å². The van der Waals surface area contributed by atoms with Crippen LogP contribution in [0.1, 0.15) is 75.8 Å². The lowest BCUT2D eigenvalue weighted by atomic mass is 9.80. The van der Waals surface area contributed by atoms with Gasteiger partial charge in [-0.2, -0.15) is 0 Å². The Kier molecular flexibility index (Phi) is 5.75. The van der Waals surface area contributed by atoms with Crippen LogP contribution in [0.3, 0.4) is 0 Å². The van der Waals surface area contributed by atoms with Gasteiger partial charge in [-0.25, -0.2) is 4.79 Å². The number of hydrogen-bond acceptors (Lipinski definition) is 8. The van der Waals surface area contributed by atoms with Gasteiger partial charge >= 0.3 is 6.09 Å². The van der Waals surface area contributed by atoms with Crippen LogP contribution in [0, 0.1) is 17.3 Å². The Morgan fingerprint density at radius 3 is 2.86 bits per heavy atom. The zero-order chi connectivity index (χ0) is 24.4. The van der Waals surface area contributed by atoms with Gasteiger partial charge in [0.1, 0.15) is 18.1 Å². The van der Waals surface area contributed by atoms with Gasteiger partial charge in [-0.15, -0.1) is 11.8 Å². The second-order valence-corrected chi connectivity index (χ2v) is 13.0. The smallest absolute Gasteiger partial charge is 0.410 e. The number of nitrogens with one attached hydrogen (secondary N) is 1. The number of thioether (sulfide) groups is 1. The number of ether oxygens (including phenoxy) is 2. The highest BCUT2D eigenvalue weighted by Crippen LogP contribution is 2.70. The fraction of sp³-hybridized carbons (Fsp3) is 0.800. The molecule has 0 radical (unpaired) electrons. The zero-order valence-electron chi connectivity index (χ0n) is 20.5. The summed E-state index contributed by atoms with van der Waals surface area (Å²) in [5, 5.41) is 18.1. The van der Waals surface area contributed by atoms with Crippen LogP contribution >= 0.6 is 11.8 Å². The number of amides is 2. The molecule has 4 saturated carbocycles. The molecule has 4 aliphatic carbocycles. The number of nitrogens with zero attached hydrogens (tertiary/aromatic N) is 2. The molecule has 192 valence electrons. The lowest BCUT2D eigenvalue weighted by Gasteiger charge is -2.32. The van der Waals surface area contributed by atoms with Crippen molar-refractivity contribution in [2.75, 3.05) is 19.8 Å². The van der Waals surface area contributed by atoms with Crippen molar-refractivity contribution in [2.24, 2.45) is 17.3 Å². The molecule has 10 heteroatoms. The molecule has 9 nitrogen and oxygen atoms in total. The number of hydrogen-bond donors (Lipinski definition) is 2. The number of cyclic esters (lactones) is 1. The Bertz CT molecular complexity index is 1010. The van der Waals surface area contributed by atoms with Gasteiger partial charge in [-0.3, -0.25) is 9.69 Å². The second-order valence-electron chi connectivity index (χ2n) is 11.7. The van der Waals surface area contributed by atoms with Gasteiger partial charge in [0.05, 0.1) is 18.2 Å². The number of rotatable bonds is 8. The van der Waals surface area contributed by atoms with Crippen LogP contribution in [0.2, 0.25) is 0 Å². The van der Waals surface area contributed by atoms with Crippen LogP contribution in [0.5, 0.6) is 5.88 Å². The minimum absolute atomic E-state index is 0.0600. The van der Waals surface area contributed by atoms with Crippen LogP contribution in [-0.4, -0.2) is 69.9 Å². The molecular formula is C25H35N3O6S. The average Bonchev–Trinajstić information content (AvgIpc) is 3.43. The van der Waals surface area contributed by atoms with Crippen LogP contribution in [0.4, 0.5) is 4.79 Å². The predicted octanol–water partition coefficient (Wildman–Crippen LogP) is 3.60. The first kappa shape index (κ1) is 23.5. The second kappa shape index (κ2) is 8.57. The van der Waals surface area contributed by atoms with E-state index in [1.807, 2.05) is 13.8 Å². The van der Waals surface area contributed by atoms with Crippen LogP contribution in [0.15, 0.2) is 9.42 Å². The number of aliphatic hydroxyl groups is 1. The highest BCUT2D eigenvalue weighted by Gasteiger charge is 2.71. The summed E-state index contributed by atoms with van der Waals surface area (Å²) < 4.78 is 16.8. The summed E-state index contributed by atoms with van der Waals surface area (Å²) in [6.07, 6.45) is 7.81. The summed E-state index contributed by atoms with van der Waals surface area (Å²) in [4.78, 5) is 27.7. The predicted molar refractivity (Wildman–Crippen MR) is 127 cm³/mol. The van der Waals surface area contributed by atoms with E-state index in [0.29, 0.717) is 41.0 Å². The number of carbonyl (C=O) groups is 2. The lowest BCUT2D eigenvalue weighted by molar-refractivity contribution is 0.0695. The summed E-state index contributed by atoms with van der Waals surface area (Å²) >= 11 is 1.62. The third kappa shape index (κ3) is 4.10. The summed E-state index contributed by atoms with van der Waals surface area (Å²) in [7, 11) is 0. The molecular weight excluding hydrogens is 470 g/mol. The Hall–Kier alpha value is -1.94. The van der Waals surface area contributed by atoms with E-state index in [1.54, 1.807) is 16.7 Å². The molecule has 2 N–H and O–H groups in total. The molecule has 5 atom stereocenters. The quantitative estimate of drug-likeness (QED) is 0.551. The van der Waals surface area contributed by atoms with Gasteiger partial charge < -0.3 is 24.4 Å². The van der Waals surface area contributed by atoms with Gasteiger partial charge in [0, 0.05) is 11.3 Å². The molecule has 5 fully saturated rings. The van der Waals surface area contributed by atoms with Crippen molar-refractivity contribution in [3.05, 3.63) is 5.76 Å². The molecule has 1 aliphatic heterocycles. The van der Waals surface area contributed by atoms with E-state index in [9.17, 15) is 14.7 Å². The van der Waals surface area contributed by atoms with Crippen LogP contribution in [0.25, 0.3) is 0 Å². The maximum Gasteiger partial charge on any atom is 0.410 e. The molecule has 1 saturated heterocycles. The molecule has 6 rings (SSSR count). The fourth-order valence-electron chi connectivity index (χ4n) is 7.15. The fourth-order valence-corrected chi connectivity index (χ4v) is 8.49. The van der Waals surface area contributed by atoms with Crippen molar-refractivity contribution in [1.82, 2.24) is 15.4 Å². The van der Waals surface area contributed by atoms with E-state index in [0.717, 1.165) is 38.5 Å². The van der Waals surface area contributed by atoms with Gasteiger partial charge in [-0.05, 0) is 74.8 Å². The molecule has 5 aliphatic rings. The van der Waals surface area contributed by atoms with Crippen molar-refractivity contribution in [3.63, 3.8) is 0 Å². The van der Waals surface area contributed by atoms with Crippen molar-refractivity contribution in [1.29, 1.82) is 0 Å². The SMILES string of the molecule is CC(C)(COc1noc(C(=O)N[C@@H]2C3CC4C[C@H](O)CC32C4)c1SC1CCCC1)N1CCOC1=O. The molecule has 2 bridgehead atoms. The van der Waals surface area contributed by atoms with Crippen molar-refractivity contribution in [3.8, 4) is 5.88 Å². The van der Waals surface area contributed by atoms with Gasteiger partial charge in [-0.1, -0.05) is 12.8 Å². The molecule has 1 aromatic heterocycles. The van der Waals surface area contributed by atoms with E-state index in [-0.39, 0.29) is 41.9 Å². The standard InChI is InChI=1S/C25H35N3O6S/c1-24(2,28-7-8-32-23(28)31)13-33-22-19(35-16-5-3-4-6-16)18(34-27-22)21(30)26-20-17-10-14-9-15(29)12-25(17,20)11-14/h14-17,20,29H,3-13H2,1-2H3,(H,26,30)/t14?,15-,17?,20+,25?/m0/s1. The Balaban J connectivity index is 1.17. The minimum atomic E-state index is -0.590. The summed E-state index contributed by atoms with van der Waals surface area (Å²) in [6.45, 7) is 4.95. The highest BCUT2D eigenvalue weighted by atomic mass is 32.2. The first-order chi connectivity index (χ1) is 16.8. The minimum Gasteiger partial charge on any atom is -0.472 e. The van der Waals surface area contributed by atoms with Crippen molar-refractivity contribution >= 4 is 23.8 Å². The topological polar surface area (TPSA) is 114 Å². The Morgan fingerprint density at radius 1 is 1.31 bits per heavy atom. The maximum absolute atomic E-state index is 13.4. The van der Waals surface area contributed by atoms with E-state index in [2.05, 4.69) is 10.5 Å². The third-order valence-electron chi connectivity index (χ3n) is 8.88. The summed E-state index contributed by atoms with van der Waals surface area (Å²) in [5.41, 5.74) is -0.530. The summed E-state index contributed by atoms with van der Waals surface area (Å²) in [6, 6.07) is 0.0973. The van der Waals surface area contributed by atoms with E-state index in [1.165, 1.54) is 12.8 Å². The highest BCUT2D eigenvalue weighted by molar-refractivity contribution is 8.00. The Morgan fingerprint density at radius 2 is 2.11 bits per heavy atom. The van der Waals surface area contributed by atoms with E-state index >= 15 is 0 Å². The first-order valence-electron chi connectivity index (χ1n) is 13.0. The molecule has 2 heterocycles.